The largest absolute Gasteiger partial charge is 0.383 e. The van der Waals surface area contributed by atoms with Gasteiger partial charge in [-0.05, 0) is 57.2 Å². The second-order valence-electron chi connectivity index (χ2n) is 9.50. The molecular weight excluding hydrogens is 460 g/mol. The van der Waals surface area contributed by atoms with Crippen molar-refractivity contribution in [3.63, 3.8) is 0 Å². The second kappa shape index (κ2) is 11.9. The zero-order valence-electron chi connectivity index (χ0n) is 21.7. The summed E-state index contributed by atoms with van der Waals surface area (Å²) in [6.07, 6.45) is 3.68. The molecule has 1 aliphatic rings. The van der Waals surface area contributed by atoms with Crippen molar-refractivity contribution < 1.29 is 9.59 Å². The summed E-state index contributed by atoms with van der Waals surface area (Å²) in [5, 5.41) is 2.95. The van der Waals surface area contributed by atoms with Gasteiger partial charge in [-0.3, -0.25) is 23.9 Å². The van der Waals surface area contributed by atoms with Crippen LogP contribution in [0, 0.1) is 0 Å². The first-order valence-electron chi connectivity index (χ1n) is 12.8. The number of aromatic amines is 1. The number of hydrogen-bond donors (Lipinski definition) is 3. The summed E-state index contributed by atoms with van der Waals surface area (Å²) in [6.45, 7) is 9.06. The molecule has 2 amide bonds. The third-order valence-corrected chi connectivity index (χ3v) is 6.30. The molecule has 2 aromatic rings. The van der Waals surface area contributed by atoms with Crippen molar-refractivity contribution in [1.29, 1.82) is 0 Å². The van der Waals surface area contributed by atoms with Gasteiger partial charge in [0.15, 0.2) is 5.69 Å². The van der Waals surface area contributed by atoms with Gasteiger partial charge in [0.2, 0.25) is 5.91 Å². The van der Waals surface area contributed by atoms with Crippen molar-refractivity contribution in [3.8, 4) is 0 Å². The number of hydrogen-bond acceptors (Lipinski definition) is 6. The third kappa shape index (κ3) is 5.80. The first-order valence-corrected chi connectivity index (χ1v) is 12.8. The molecule has 1 aromatic carbocycles. The number of nitrogens with zero attached hydrogens (tertiary/aromatic N) is 3. The van der Waals surface area contributed by atoms with Crippen LogP contribution in [0.5, 0.6) is 0 Å². The van der Waals surface area contributed by atoms with E-state index in [-0.39, 0.29) is 35.9 Å². The molecule has 0 spiro atoms. The van der Waals surface area contributed by atoms with Crippen molar-refractivity contribution in [2.24, 2.45) is 0 Å². The molecule has 2 heterocycles. The minimum absolute atomic E-state index is 0.00161. The van der Waals surface area contributed by atoms with Gasteiger partial charge in [0.25, 0.3) is 11.5 Å². The number of nitrogen functional groups attached to an aromatic ring is 1. The number of H-pyrrole nitrogens is 1. The maximum absolute atomic E-state index is 13.7. The topological polar surface area (TPSA) is 134 Å². The first kappa shape index (κ1) is 27.0. The van der Waals surface area contributed by atoms with E-state index in [2.05, 4.69) is 10.3 Å². The summed E-state index contributed by atoms with van der Waals surface area (Å²) in [4.78, 5) is 57.2. The van der Waals surface area contributed by atoms with Gasteiger partial charge in [-0.2, -0.15) is 0 Å². The average molecular weight is 499 g/mol. The van der Waals surface area contributed by atoms with Gasteiger partial charge in [0.05, 0.1) is 6.54 Å². The van der Waals surface area contributed by atoms with Gasteiger partial charge < -0.3 is 20.9 Å². The molecule has 0 saturated heterocycles. The fourth-order valence-electron chi connectivity index (χ4n) is 4.63. The van der Waals surface area contributed by atoms with E-state index in [0.29, 0.717) is 38.0 Å². The van der Waals surface area contributed by atoms with Gasteiger partial charge >= 0.3 is 5.69 Å². The molecule has 0 atom stereocenters. The van der Waals surface area contributed by atoms with Crippen molar-refractivity contribution in [3.05, 3.63) is 50.2 Å². The molecular formula is C26H38N6O4. The van der Waals surface area contributed by atoms with Gasteiger partial charge in [-0.15, -0.1) is 0 Å². The molecule has 0 fully saturated rings. The quantitative estimate of drug-likeness (QED) is 0.460. The molecule has 0 unspecified atom stereocenters. The van der Waals surface area contributed by atoms with Crippen molar-refractivity contribution in [2.75, 3.05) is 35.2 Å². The molecule has 0 aliphatic carbocycles. The number of unbranched alkanes of at least 4 members (excludes halogenated alkanes) is 1. The fraction of sp³-hybridized carbons (Fsp3) is 0.538. The van der Waals surface area contributed by atoms with E-state index in [0.717, 1.165) is 30.5 Å². The van der Waals surface area contributed by atoms with Gasteiger partial charge in [-0.25, -0.2) is 4.79 Å². The molecule has 4 N–H and O–H groups in total. The standard InChI is InChI=1S/C26H38N6O4/c1-5-7-15-31(22-23(27)32(13-6-2)26(36)29-25(22)35)21(33)16-30-14-9-11-18-19(10-8-12-20(18)30)24(34)28-17(3)4/h8,10,12,17H,5-7,9,11,13-16,27H2,1-4H3,(H,28,34)(H,29,35,36). The lowest BCUT2D eigenvalue weighted by molar-refractivity contribution is -0.117. The number of amides is 2. The van der Waals surface area contributed by atoms with Crippen LogP contribution in [0.25, 0.3) is 0 Å². The van der Waals surface area contributed by atoms with E-state index >= 15 is 0 Å². The van der Waals surface area contributed by atoms with Crippen LogP contribution in [0.3, 0.4) is 0 Å². The maximum Gasteiger partial charge on any atom is 0.330 e. The van der Waals surface area contributed by atoms with Crippen LogP contribution in [-0.2, 0) is 17.8 Å². The third-order valence-electron chi connectivity index (χ3n) is 6.30. The number of carbonyl (C=O) groups is 2. The van der Waals surface area contributed by atoms with E-state index < -0.39 is 11.2 Å². The zero-order valence-corrected chi connectivity index (χ0v) is 21.7. The molecule has 36 heavy (non-hydrogen) atoms. The Labute approximate surface area is 211 Å². The molecule has 0 radical (unpaired) electrons. The smallest absolute Gasteiger partial charge is 0.330 e. The van der Waals surface area contributed by atoms with Gasteiger partial charge in [-0.1, -0.05) is 26.3 Å². The van der Waals surface area contributed by atoms with Crippen molar-refractivity contribution >= 4 is 29.0 Å². The molecule has 196 valence electrons. The molecule has 10 nitrogen and oxygen atoms in total. The monoisotopic (exact) mass is 498 g/mol. The number of aromatic nitrogens is 2. The number of benzene rings is 1. The summed E-state index contributed by atoms with van der Waals surface area (Å²) in [7, 11) is 0. The predicted octanol–water partition coefficient (Wildman–Crippen LogP) is 2.25. The van der Waals surface area contributed by atoms with Crippen LogP contribution in [0.15, 0.2) is 27.8 Å². The number of fused-ring (bicyclic) bond motifs is 1. The van der Waals surface area contributed by atoms with Crippen LogP contribution in [0.2, 0.25) is 0 Å². The summed E-state index contributed by atoms with van der Waals surface area (Å²) < 4.78 is 1.30. The van der Waals surface area contributed by atoms with E-state index in [4.69, 9.17) is 5.73 Å². The number of carbonyl (C=O) groups excluding carboxylic acids is 2. The van der Waals surface area contributed by atoms with Gasteiger partial charge in [0, 0.05) is 36.9 Å². The Hall–Kier alpha value is -3.56. The fourth-order valence-corrected chi connectivity index (χ4v) is 4.63. The zero-order chi connectivity index (χ0) is 26.4. The Bertz CT molecular complexity index is 1220. The number of anilines is 3. The number of nitrogens with two attached hydrogens (primary N) is 1. The lowest BCUT2D eigenvalue weighted by Gasteiger charge is -2.34. The Balaban J connectivity index is 1.96. The highest BCUT2D eigenvalue weighted by Crippen LogP contribution is 2.30. The highest BCUT2D eigenvalue weighted by molar-refractivity contribution is 6.00. The summed E-state index contributed by atoms with van der Waals surface area (Å²) >= 11 is 0. The summed E-state index contributed by atoms with van der Waals surface area (Å²) in [5.41, 5.74) is 7.43. The molecule has 10 heteroatoms. The van der Waals surface area contributed by atoms with E-state index in [9.17, 15) is 19.2 Å². The maximum atomic E-state index is 13.7. The average Bonchev–Trinajstić information content (AvgIpc) is 2.83. The molecule has 0 bridgehead atoms. The van der Waals surface area contributed by atoms with Crippen LogP contribution in [0.4, 0.5) is 17.2 Å². The molecule has 3 rings (SSSR count). The van der Waals surface area contributed by atoms with Crippen molar-refractivity contribution in [1.82, 2.24) is 14.9 Å². The summed E-state index contributed by atoms with van der Waals surface area (Å²) in [6, 6.07) is 5.58. The molecule has 1 aliphatic heterocycles. The Morgan fingerprint density at radius 3 is 2.61 bits per heavy atom. The van der Waals surface area contributed by atoms with E-state index in [1.807, 2.05) is 50.8 Å². The van der Waals surface area contributed by atoms with Gasteiger partial charge in [0.1, 0.15) is 5.82 Å². The Morgan fingerprint density at radius 2 is 1.94 bits per heavy atom. The summed E-state index contributed by atoms with van der Waals surface area (Å²) in [5.74, 6) is -0.411. The number of nitrogens with one attached hydrogen (secondary N) is 2. The Kier molecular flexibility index (Phi) is 8.95. The van der Waals surface area contributed by atoms with E-state index in [1.165, 1.54) is 9.47 Å². The predicted molar refractivity (Wildman–Crippen MR) is 143 cm³/mol. The normalized spacial score (nSPS) is 13.0. The second-order valence-corrected chi connectivity index (χ2v) is 9.50. The van der Waals surface area contributed by atoms with Crippen LogP contribution in [0.1, 0.15) is 69.3 Å². The van der Waals surface area contributed by atoms with Crippen LogP contribution in [-0.4, -0.2) is 47.0 Å². The molecule has 1 aromatic heterocycles. The minimum atomic E-state index is -0.666. The minimum Gasteiger partial charge on any atom is -0.383 e. The van der Waals surface area contributed by atoms with E-state index in [1.54, 1.807) is 0 Å². The molecule has 0 saturated carbocycles. The van der Waals surface area contributed by atoms with Crippen molar-refractivity contribution in [2.45, 2.75) is 72.4 Å². The SMILES string of the molecule is CCCCN(C(=O)CN1CCCc2c(C(=O)NC(C)C)cccc21)c1c(N)n(CCC)c(=O)[nH]c1=O. The number of rotatable bonds is 10. The highest BCUT2D eigenvalue weighted by Gasteiger charge is 2.28. The lowest BCUT2D eigenvalue weighted by Crippen LogP contribution is -2.46. The first-order chi connectivity index (χ1) is 17.2. The Morgan fingerprint density at radius 1 is 1.19 bits per heavy atom. The highest BCUT2D eigenvalue weighted by atomic mass is 16.2. The van der Waals surface area contributed by atoms with Crippen LogP contribution >= 0.6 is 0 Å². The van der Waals surface area contributed by atoms with Crippen LogP contribution < -0.4 is 32.1 Å². The lowest BCUT2D eigenvalue weighted by atomic mass is 9.95.